The first-order valence-electron chi connectivity index (χ1n) is 7.41. The fraction of sp³-hybridized carbons (Fsp3) is 0.375. The van der Waals surface area contributed by atoms with E-state index in [-0.39, 0.29) is 5.92 Å². The standard InChI is InChI=1S/C16H16F3N3O/c1-9-5-15(21-20-9)10-3-2-4-22(8-10)16(23)11-6-13(18)14(19)7-12(11)17/h5-7,10H,2-4,8H2,1H3,(H,20,21)/t10-/m0/s1. The molecule has 2 heterocycles. The number of aryl methyl sites for hydroxylation is 1. The van der Waals surface area contributed by atoms with Gasteiger partial charge in [0.2, 0.25) is 0 Å². The van der Waals surface area contributed by atoms with Gasteiger partial charge in [-0.3, -0.25) is 9.89 Å². The first kappa shape index (κ1) is 15.6. The van der Waals surface area contributed by atoms with Gasteiger partial charge in [-0.25, -0.2) is 13.2 Å². The van der Waals surface area contributed by atoms with Crippen molar-refractivity contribution in [3.8, 4) is 0 Å². The molecule has 0 saturated carbocycles. The third-order valence-corrected chi connectivity index (χ3v) is 4.09. The van der Waals surface area contributed by atoms with Gasteiger partial charge in [-0.2, -0.15) is 5.10 Å². The Labute approximate surface area is 131 Å². The van der Waals surface area contributed by atoms with Crippen LogP contribution in [-0.2, 0) is 0 Å². The molecule has 1 aromatic heterocycles. The number of hydrogen-bond acceptors (Lipinski definition) is 2. The van der Waals surface area contributed by atoms with E-state index < -0.39 is 28.9 Å². The highest BCUT2D eigenvalue weighted by Crippen LogP contribution is 2.27. The van der Waals surface area contributed by atoms with Crippen LogP contribution in [0.15, 0.2) is 18.2 Å². The molecule has 2 aromatic rings. The number of amides is 1. The van der Waals surface area contributed by atoms with E-state index in [0.717, 1.165) is 24.2 Å². The quantitative estimate of drug-likeness (QED) is 0.863. The van der Waals surface area contributed by atoms with E-state index in [2.05, 4.69) is 10.2 Å². The minimum absolute atomic E-state index is 0.0472. The summed E-state index contributed by atoms with van der Waals surface area (Å²) >= 11 is 0. The van der Waals surface area contributed by atoms with E-state index in [1.807, 2.05) is 13.0 Å². The van der Waals surface area contributed by atoms with Crippen molar-refractivity contribution in [3.05, 3.63) is 52.6 Å². The lowest BCUT2D eigenvalue weighted by Crippen LogP contribution is -2.39. The average molecular weight is 323 g/mol. The van der Waals surface area contributed by atoms with Gasteiger partial charge in [0.25, 0.3) is 5.91 Å². The molecule has 1 N–H and O–H groups in total. The minimum Gasteiger partial charge on any atom is -0.338 e. The molecule has 0 unspecified atom stereocenters. The fourth-order valence-electron chi connectivity index (χ4n) is 2.91. The third kappa shape index (κ3) is 3.09. The van der Waals surface area contributed by atoms with Crippen molar-refractivity contribution >= 4 is 5.91 Å². The van der Waals surface area contributed by atoms with E-state index in [9.17, 15) is 18.0 Å². The number of aromatic amines is 1. The molecule has 0 bridgehead atoms. The number of piperidine rings is 1. The Morgan fingerprint density at radius 1 is 1.22 bits per heavy atom. The molecule has 1 amide bonds. The molecular formula is C16H16F3N3O. The van der Waals surface area contributed by atoms with Crippen LogP contribution >= 0.6 is 0 Å². The van der Waals surface area contributed by atoms with Crippen molar-refractivity contribution in [2.45, 2.75) is 25.7 Å². The summed E-state index contributed by atoms with van der Waals surface area (Å²) in [6.07, 6.45) is 1.61. The highest BCUT2D eigenvalue weighted by Gasteiger charge is 2.28. The molecule has 1 aliphatic rings. The van der Waals surface area contributed by atoms with Crippen LogP contribution in [0.1, 0.15) is 40.5 Å². The van der Waals surface area contributed by atoms with Crippen molar-refractivity contribution in [3.63, 3.8) is 0 Å². The lowest BCUT2D eigenvalue weighted by atomic mass is 9.94. The predicted molar refractivity (Wildman–Crippen MR) is 77.5 cm³/mol. The summed E-state index contributed by atoms with van der Waals surface area (Å²) in [5, 5.41) is 7.06. The molecule has 1 aliphatic heterocycles. The number of aromatic nitrogens is 2. The molecule has 23 heavy (non-hydrogen) atoms. The van der Waals surface area contributed by atoms with E-state index in [1.165, 1.54) is 4.90 Å². The minimum atomic E-state index is -1.30. The molecule has 7 heteroatoms. The number of hydrogen-bond donors (Lipinski definition) is 1. The maximum atomic E-state index is 13.8. The third-order valence-electron chi connectivity index (χ3n) is 4.09. The molecule has 1 saturated heterocycles. The Morgan fingerprint density at radius 3 is 2.65 bits per heavy atom. The summed E-state index contributed by atoms with van der Waals surface area (Å²) < 4.78 is 40.1. The van der Waals surface area contributed by atoms with Crippen LogP contribution in [0.25, 0.3) is 0 Å². The second-order valence-electron chi connectivity index (χ2n) is 5.81. The van der Waals surface area contributed by atoms with Crippen molar-refractivity contribution in [1.82, 2.24) is 15.1 Å². The van der Waals surface area contributed by atoms with Crippen molar-refractivity contribution < 1.29 is 18.0 Å². The highest BCUT2D eigenvalue weighted by atomic mass is 19.2. The SMILES string of the molecule is Cc1cc([C@H]2CCCN(C(=O)c3cc(F)c(F)cc3F)C2)n[nH]1. The summed E-state index contributed by atoms with van der Waals surface area (Å²) in [4.78, 5) is 13.9. The zero-order chi connectivity index (χ0) is 16.6. The average Bonchev–Trinajstić information content (AvgIpc) is 2.97. The first-order chi connectivity index (χ1) is 11.0. The Balaban J connectivity index is 1.81. The smallest absolute Gasteiger partial charge is 0.256 e. The van der Waals surface area contributed by atoms with Gasteiger partial charge in [-0.15, -0.1) is 0 Å². The Morgan fingerprint density at radius 2 is 1.96 bits per heavy atom. The second kappa shape index (κ2) is 6.06. The summed E-state index contributed by atoms with van der Waals surface area (Å²) in [6.45, 7) is 2.72. The van der Waals surface area contributed by atoms with Crippen LogP contribution in [0.3, 0.4) is 0 Å². The molecule has 3 rings (SSSR count). The number of carbonyl (C=O) groups excluding carboxylic acids is 1. The van der Waals surface area contributed by atoms with Gasteiger partial charge in [0.05, 0.1) is 11.3 Å². The molecule has 0 aliphatic carbocycles. The van der Waals surface area contributed by atoms with Crippen LogP contribution in [0.5, 0.6) is 0 Å². The largest absolute Gasteiger partial charge is 0.338 e. The molecule has 0 spiro atoms. The Kier molecular flexibility index (Phi) is 4.11. The lowest BCUT2D eigenvalue weighted by molar-refractivity contribution is 0.0700. The summed E-state index contributed by atoms with van der Waals surface area (Å²) in [7, 11) is 0. The molecule has 4 nitrogen and oxygen atoms in total. The van der Waals surface area contributed by atoms with Crippen LogP contribution in [0.2, 0.25) is 0 Å². The Hall–Kier alpha value is -2.31. The van der Waals surface area contributed by atoms with Crippen molar-refractivity contribution in [2.75, 3.05) is 13.1 Å². The van der Waals surface area contributed by atoms with Crippen LogP contribution in [0, 0.1) is 24.4 Å². The Bertz CT molecular complexity index is 744. The molecule has 1 atom stereocenters. The first-order valence-corrected chi connectivity index (χ1v) is 7.41. The lowest BCUT2D eigenvalue weighted by Gasteiger charge is -2.32. The highest BCUT2D eigenvalue weighted by molar-refractivity contribution is 5.94. The predicted octanol–water partition coefficient (Wildman–Crippen LogP) is 3.16. The van der Waals surface area contributed by atoms with Gasteiger partial charge in [0.1, 0.15) is 5.82 Å². The number of likely N-dealkylation sites (tertiary alicyclic amines) is 1. The number of nitrogens with one attached hydrogen (secondary N) is 1. The van der Waals surface area contributed by atoms with Gasteiger partial charge in [0.15, 0.2) is 11.6 Å². The number of nitrogens with zero attached hydrogens (tertiary/aromatic N) is 2. The monoisotopic (exact) mass is 323 g/mol. The van der Waals surface area contributed by atoms with E-state index in [4.69, 9.17) is 0 Å². The second-order valence-corrected chi connectivity index (χ2v) is 5.81. The zero-order valence-corrected chi connectivity index (χ0v) is 12.6. The molecular weight excluding hydrogens is 307 g/mol. The van der Waals surface area contributed by atoms with E-state index in [1.54, 1.807) is 0 Å². The maximum absolute atomic E-state index is 13.8. The van der Waals surface area contributed by atoms with Crippen molar-refractivity contribution in [2.24, 2.45) is 0 Å². The van der Waals surface area contributed by atoms with Crippen molar-refractivity contribution in [1.29, 1.82) is 0 Å². The molecule has 1 aromatic carbocycles. The number of benzene rings is 1. The zero-order valence-electron chi connectivity index (χ0n) is 12.6. The van der Waals surface area contributed by atoms with Crippen LogP contribution < -0.4 is 0 Å². The van der Waals surface area contributed by atoms with Gasteiger partial charge in [-0.05, 0) is 31.9 Å². The normalized spacial score (nSPS) is 18.3. The molecule has 122 valence electrons. The van der Waals surface area contributed by atoms with Gasteiger partial charge in [-0.1, -0.05) is 0 Å². The number of rotatable bonds is 2. The summed E-state index contributed by atoms with van der Waals surface area (Å²) in [5.74, 6) is -4.16. The molecule has 0 radical (unpaired) electrons. The fourth-order valence-corrected chi connectivity index (χ4v) is 2.91. The van der Waals surface area contributed by atoms with Crippen LogP contribution in [-0.4, -0.2) is 34.1 Å². The van der Waals surface area contributed by atoms with Gasteiger partial charge in [0, 0.05) is 30.8 Å². The van der Waals surface area contributed by atoms with Gasteiger partial charge >= 0.3 is 0 Å². The molecule has 1 fully saturated rings. The number of H-pyrrole nitrogens is 1. The maximum Gasteiger partial charge on any atom is 0.256 e. The van der Waals surface area contributed by atoms with Gasteiger partial charge < -0.3 is 4.90 Å². The van der Waals surface area contributed by atoms with E-state index >= 15 is 0 Å². The number of halogens is 3. The van der Waals surface area contributed by atoms with E-state index in [0.29, 0.717) is 25.2 Å². The number of carbonyl (C=O) groups is 1. The van der Waals surface area contributed by atoms with Crippen LogP contribution in [0.4, 0.5) is 13.2 Å². The summed E-state index contributed by atoms with van der Waals surface area (Å²) in [5.41, 5.74) is 1.34. The summed E-state index contributed by atoms with van der Waals surface area (Å²) in [6, 6.07) is 2.94. The topological polar surface area (TPSA) is 49.0 Å².